The third-order valence-electron chi connectivity index (χ3n) is 1.87. The van der Waals surface area contributed by atoms with Crippen molar-refractivity contribution in [2.24, 2.45) is 0 Å². The molecule has 0 fully saturated rings. The third kappa shape index (κ3) is 5.73. The zero-order chi connectivity index (χ0) is 12.1. The molecule has 0 radical (unpaired) electrons. The number of alkyl halides is 2. The average molecular weight is 279 g/mol. The molecule has 0 aliphatic rings. The monoisotopic (exact) mass is 278 g/mol. The Bertz CT molecular complexity index is 254. The summed E-state index contributed by atoms with van der Waals surface area (Å²) < 4.78 is 15.4. The molecule has 0 saturated heterocycles. The topological polar surface area (TPSA) is 83.8 Å². The highest BCUT2D eigenvalue weighted by Gasteiger charge is 2.35. The van der Waals surface area contributed by atoms with Crippen molar-refractivity contribution in [2.75, 3.05) is 13.0 Å². The summed E-state index contributed by atoms with van der Waals surface area (Å²) in [5, 5.41) is -0.864. The summed E-state index contributed by atoms with van der Waals surface area (Å²) >= 11 is 11.1. The molecule has 0 aliphatic heterocycles. The van der Waals surface area contributed by atoms with Gasteiger partial charge in [-0.3, -0.25) is 9.36 Å². The van der Waals surface area contributed by atoms with Crippen molar-refractivity contribution in [1.29, 1.82) is 0 Å². The van der Waals surface area contributed by atoms with Crippen LogP contribution in [0.1, 0.15) is 12.8 Å². The quantitative estimate of drug-likeness (QED) is 0.435. The lowest BCUT2D eigenvalue weighted by molar-refractivity contribution is -0.140. The minimum Gasteiger partial charge on any atom is -0.469 e. The summed E-state index contributed by atoms with van der Waals surface area (Å²) in [4.78, 5) is 28.8. The van der Waals surface area contributed by atoms with E-state index in [1.807, 2.05) is 0 Å². The second-order valence-corrected chi connectivity index (χ2v) is 5.65. The molecule has 2 atom stereocenters. The second kappa shape index (κ2) is 6.71. The Kier molecular flexibility index (Phi) is 6.80. The molecule has 0 bridgehead atoms. The van der Waals surface area contributed by atoms with E-state index >= 15 is 0 Å². The SMILES string of the molecule is COC(=O)CCC(C(Cl)CCl)P(=O)(O)O. The van der Waals surface area contributed by atoms with Crippen molar-refractivity contribution in [3.63, 3.8) is 0 Å². The molecular formula is C7H13Cl2O5P. The summed E-state index contributed by atoms with van der Waals surface area (Å²) in [5.74, 6) is -0.620. The highest BCUT2D eigenvalue weighted by Crippen LogP contribution is 2.46. The van der Waals surface area contributed by atoms with Crippen LogP contribution >= 0.6 is 30.8 Å². The van der Waals surface area contributed by atoms with Crippen LogP contribution in [0.2, 0.25) is 0 Å². The fourth-order valence-corrected chi connectivity index (χ4v) is 2.93. The first kappa shape index (κ1) is 15.2. The number of carbonyl (C=O) groups is 1. The Morgan fingerprint density at radius 3 is 2.40 bits per heavy atom. The number of esters is 1. The van der Waals surface area contributed by atoms with Gasteiger partial charge in [-0.15, -0.1) is 23.2 Å². The predicted octanol–water partition coefficient (Wildman–Crippen LogP) is 1.33. The van der Waals surface area contributed by atoms with Crippen LogP contribution in [0.5, 0.6) is 0 Å². The van der Waals surface area contributed by atoms with Gasteiger partial charge in [0.1, 0.15) is 0 Å². The third-order valence-corrected chi connectivity index (χ3v) is 4.48. The second-order valence-electron chi connectivity index (χ2n) is 2.94. The largest absolute Gasteiger partial charge is 0.469 e. The maximum absolute atomic E-state index is 11.0. The summed E-state index contributed by atoms with van der Waals surface area (Å²) in [6.45, 7) is 0. The van der Waals surface area contributed by atoms with E-state index in [9.17, 15) is 9.36 Å². The molecule has 8 heteroatoms. The molecule has 0 heterocycles. The number of ether oxygens (including phenoxy) is 1. The summed E-state index contributed by atoms with van der Waals surface area (Å²) in [6.07, 6.45) is -0.135. The van der Waals surface area contributed by atoms with Gasteiger partial charge in [-0.25, -0.2) is 0 Å². The van der Waals surface area contributed by atoms with Gasteiger partial charge in [0, 0.05) is 12.3 Å². The summed E-state index contributed by atoms with van der Waals surface area (Å²) in [7, 11) is -3.14. The van der Waals surface area contributed by atoms with Gasteiger partial charge in [-0.05, 0) is 6.42 Å². The molecule has 2 unspecified atom stereocenters. The molecule has 0 aromatic rings. The molecule has 0 amide bonds. The zero-order valence-electron chi connectivity index (χ0n) is 8.10. The first-order valence-electron chi connectivity index (χ1n) is 4.15. The Morgan fingerprint density at radius 1 is 1.53 bits per heavy atom. The van der Waals surface area contributed by atoms with E-state index in [2.05, 4.69) is 4.74 Å². The Labute approximate surface area is 97.9 Å². The van der Waals surface area contributed by atoms with Crippen LogP contribution in [0.25, 0.3) is 0 Å². The summed E-state index contributed by atoms with van der Waals surface area (Å²) in [5.41, 5.74) is -1.12. The molecule has 0 aliphatic carbocycles. The van der Waals surface area contributed by atoms with Crippen LogP contribution < -0.4 is 0 Å². The molecule has 0 spiro atoms. The number of methoxy groups -OCH3 is 1. The Hall–Kier alpha value is 0.200. The molecule has 5 nitrogen and oxygen atoms in total. The standard InChI is InChI=1S/C7H13Cl2O5P/c1-14-7(10)3-2-6(5(9)4-8)15(11,12)13/h5-6H,2-4H2,1H3,(H2,11,12,13). The normalized spacial score (nSPS) is 15.8. The fourth-order valence-electron chi connectivity index (χ4n) is 1.03. The average Bonchev–Trinajstić information content (AvgIpc) is 2.15. The molecule has 90 valence electrons. The van der Waals surface area contributed by atoms with Gasteiger partial charge in [0.25, 0.3) is 0 Å². The lowest BCUT2D eigenvalue weighted by atomic mass is 10.2. The van der Waals surface area contributed by atoms with Crippen LogP contribution in [0.15, 0.2) is 0 Å². The highest BCUT2D eigenvalue weighted by atomic mass is 35.5. The van der Waals surface area contributed by atoms with Crippen molar-refractivity contribution in [1.82, 2.24) is 0 Å². The number of hydrogen-bond acceptors (Lipinski definition) is 3. The lowest BCUT2D eigenvalue weighted by Crippen LogP contribution is -2.24. The van der Waals surface area contributed by atoms with Gasteiger partial charge in [-0.2, -0.15) is 0 Å². The van der Waals surface area contributed by atoms with Crippen LogP contribution in [0.3, 0.4) is 0 Å². The van der Waals surface area contributed by atoms with E-state index in [4.69, 9.17) is 33.0 Å². The predicted molar refractivity (Wildman–Crippen MR) is 57.4 cm³/mol. The first-order valence-corrected chi connectivity index (χ1v) is 6.80. The maximum Gasteiger partial charge on any atom is 0.330 e. The molecule has 2 N–H and O–H groups in total. The van der Waals surface area contributed by atoms with Crippen molar-refractivity contribution in [3.8, 4) is 0 Å². The van der Waals surface area contributed by atoms with Crippen LogP contribution in [-0.2, 0) is 14.1 Å². The fraction of sp³-hybridized carbons (Fsp3) is 0.857. The van der Waals surface area contributed by atoms with Crippen LogP contribution in [-0.4, -0.2) is 39.8 Å². The smallest absolute Gasteiger partial charge is 0.330 e. The van der Waals surface area contributed by atoms with E-state index in [1.54, 1.807) is 0 Å². The van der Waals surface area contributed by atoms with Gasteiger partial charge < -0.3 is 14.5 Å². The van der Waals surface area contributed by atoms with Gasteiger partial charge >= 0.3 is 13.6 Å². The minimum absolute atomic E-state index is 0.0438. The lowest BCUT2D eigenvalue weighted by Gasteiger charge is -2.21. The molecule has 0 aromatic carbocycles. The number of hydrogen-bond donors (Lipinski definition) is 2. The van der Waals surface area contributed by atoms with Crippen molar-refractivity contribution >= 4 is 36.8 Å². The van der Waals surface area contributed by atoms with Gasteiger partial charge in [0.15, 0.2) is 0 Å². The van der Waals surface area contributed by atoms with E-state index in [0.717, 1.165) is 0 Å². The summed E-state index contributed by atoms with van der Waals surface area (Å²) in [6, 6.07) is 0. The van der Waals surface area contributed by atoms with E-state index in [0.29, 0.717) is 0 Å². The molecular weight excluding hydrogens is 266 g/mol. The molecule has 0 rings (SSSR count). The van der Waals surface area contributed by atoms with Crippen LogP contribution in [0.4, 0.5) is 0 Å². The highest BCUT2D eigenvalue weighted by molar-refractivity contribution is 7.52. The van der Waals surface area contributed by atoms with Crippen LogP contribution in [0, 0.1) is 0 Å². The number of halogens is 2. The van der Waals surface area contributed by atoms with Gasteiger partial charge in [-0.1, -0.05) is 0 Å². The molecule has 15 heavy (non-hydrogen) atoms. The van der Waals surface area contributed by atoms with Crippen molar-refractivity contribution < 1.29 is 23.9 Å². The Balaban J connectivity index is 4.40. The van der Waals surface area contributed by atoms with Gasteiger partial charge in [0.2, 0.25) is 0 Å². The number of carbonyl (C=O) groups excluding carboxylic acids is 1. The number of rotatable bonds is 6. The van der Waals surface area contributed by atoms with Gasteiger partial charge in [0.05, 0.1) is 18.1 Å². The van der Waals surface area contributed by atoms with E-state index in [1.165, 1.54) is 7.11 Å². The van der Waals surface area contributed by atoms with E-state index in [-0.39, 0.29) is 18.7 Å². The molecule has 0 aromatic heterocycles. The van der Waals surface area contributed by atoms with Crippen molar-refractivity contribution in [3.05, 3.63) is 0 Å². The minimum atomic E-state index is -4.34. The zero-order valence-corrected chi connectivity index (χ0v) is 10.5. The van der Waals surface area contributed by atoms with E-state index < -0.39 is 24.6 Å². The maximum atomic E-state index is 11.0. The Morgan fingerprint density at radius 2 is 2.07 bits per heavy atom. The van der Waals surface area contributed by atoms with Crippen molar-refractivity contribution in [2.45, 2.75) is 23.9 Å². The molecule has 0 saturated carbocycles. The first-order chi connectivity index (χ1) is 6.82.